The molecule has 0 aliphatic rings. The highest BCUT2D eigenvalue weighted by Crippen LogP contribution is 2.20. The van der Waals surface area contributed by atoms with Crippen molar-refractivity contribution < 1.29 is 4.74 Å². The van der Waals surface area contributed by atoms with Crippen molar-refractivity contribution >= 4 is 28.9 Å². The van der Waals surface area contributed by atoms with Crippen molar-refractivity contribution in [2.24, 2.45) is 0 Å². The van der Waals surface area contributed by atoms with E-state index in [1.54, 1.807) is 18.4 Å². The Morgan fingerprint density at radius 1 is 1.35 bits per heavy atom. The van der Waals surface area contributed by atoms with Crippen molar-refractivity contribution in [3.05, 3.63) is 40.4 Å². The number of hydrogen-bond donors (Lipinski definition) is 1. The maximum Gasteiger partial charge on any atom is 0.180 e. The molecule has 0 spiro atoms. The molecule has 0 amide bonds. The van der Waals surface area contributed by atoms with Crippen molar-refractivity contribution in [2.75, 3.05) is 19.9 Å². The van der Waals surface area contributed by atoms with E-state index in [0.29, 0.717) is 5.13 Å². The van der Waals surface area contributed by atoms with Crippen molar-refractivity contribution in [3.63, 3.8) is 0 Å². The molecule has 0 aliphatic heterocycles. The van der Waals surface area contributed by atoms with Gasteiger partial charge >= 0.3 is 0 Å². The Morgan fingerprint density at radius 3 is 2.65 bits per heavy atom. The van der Waals surface area contributed by atoms with E-state index in [1.807, 2.05) is 12.3 Å². The predicted molar refractivity (Wildman–Crippen MR) is 86.7 cm³/mol. The van der Waals surface area contributed by atoms with E-state index in [4.69, 9.17) is 10.5 Å². The lowest BCUT2D eigenvalue weighted by Crippen LogP contribution is -2.16. The summed E-state index contributed by atoms with van der Waals surface area (Å²) >= 11 is 1.54. The van der Waals surface area contributed by atoms with E-state index < -0.39 is 0 Å². The van der Waals surface area contributed by atoms with E-state index in [0.717, 1.165) is 24.4 Å². The largest absolute Gasteiger partial charge is 0.496 e. The Kier molecular flexibility index (Phi) is 6.26. The molecule has 20 heavy (non-hydrogen) atoms. The minimum atomic E-state index is 0. The van der Waals surface area contributed by atoms with Gasteiger partial charge in [0.2, 0.25) is 0 Å². The smallest absolute Gasteiger partial charge is 0.180 e. The zero-order valence-corrected chi connectivity index (χ0v) is 13.6. The number of halogens is 1. The first-order chi connectivity index (χ1) is 9.08. The molecular formula is C14H20ClN3OS. The Hall–Kier alpha value is -1.30. The predicted octanol–water partition coefficient (Wildman–Crippen LogP) is 3.10. The molecule has 0 aliphatic carbocycles. The molecule has 0 fully saturated rings. The van der Waals surface area contributed by atoms with Crippen molar-refractivity contribution in [1.29, 1.82) is 0 Å². The Bertz CT molecular complexity index is 559. The molecule has 2 aromatic rings. The molecule has 1 aromatic carbocycles. The van der Waals surface area contributed by atoms with Gasteiger partial charge in [0.15, 0.2) is 5.13 Å². The molecule has 0 unspecified atom stereocenters. The average molecular weight is 314 g/mol. The van der Waals surface area contributed by atoms with E-state index in [1.165, 1.54) is 10.4 Å². The molecule has 0 atom stereocenters. The molecule has 0 bridgehead atoms. The summed E-state index contributed by atoms with van der Waals surface area (Å²) in [4.78, 5) is 7.50. The van der Waals surface area contributed by atoms with Crippen LogP contribution in [-0.4, -0.2) is 24.0 Å². The second-order valence-electron chi connectivity index (χ2n) is 4.64. The topological polar surface area (TPSA) is 51.4 Å². The number of thiazole rings is 1. The van der Waals surface area contributed by atoms with Crippen LogP contribution in [0.15, 0.2) is 24.4 Å². The van der Waals surface area contributed by atoms with E-state index in [2.05, 4.69) is 36.0 Å². The monoisotopic (exact) mass is 313 g/mol. The molecule has 1 heterocycles. The second kappa shape index (κ2) is 7.47. The highest BCUT2D eigenvalue weighted by atomic mass is 35.5. The third-order valence-corrected chi connectivity index (χ3v) is 3.72. The van der Waals surface area contributed by atoms with Crippen molar-refractivity contribution in [3.8, 4) is 5.75 Å². The lowest BCUT2D eigenvalue weighted by molar-refractivity contribution is 0.321. The number of ether oxygens (including phenoxy) is 1. The number of rotatable bonds is 5. The third-order valence-electron chi connectivity index (χ3n) is 2.91. The minimum Gasteiger partial charge on any atom is -0.496 e. The van der Waals surface area contributed by atoms with Crippen LogP contribution >= 0.6 is 23.7 Å². The van der Waals surface area contributed by atoms with Crippen LogP contribution in [0.3, 0.4) is 0 Å². The molecule has 2 N–H and O–H groups in total. The van der Waals surface area contributed by atoms with Gasteiger partial charge in [-0.3, -0.25) is 4.90 Å². The zero-order chi connectivity index (χ0) is 13.8. The Balaban J connectivity index is 0.00000200. The van der Waals surface area contributed by atoms with Crippen LogP contribution < -0.4 is 10.5 Å². The van der Waals surface area contributed by atoms with Crippen LogP contribution in [0.4, 0.5) is 5.13 Å². The summed E-state index contributed by atoms with van der Waals surface area (Å²) in [6, 6.07) is 6.28. The summed E-state index contributed by atoms with van der Waals surface area (Å²) in [5.74, 6) is 0.932. The van der Waals surface area contributed by atoms with Crippen LogP contribution in [0, 0.1) is 6.92 Å². The first-order valence-electron chi connectivity index (χ1n) is 6.10. The van der Waals surface area contributed by atoms with Gasteiger partial charge in [-0.05, 0) is 31.2 Å². The van der Waals surface area contributed by atoms with Gasteiger partial charge in [0.25, 0.3) is 0 Å². The summed E-state index contributed by atoms with van der Waals surface area (Å²) in [5, 5.41) is 0.628. The number of nitrogens with zero attached hydrogens (tertiary/aromatic N) is 2. The molecule has 0 radical (unpaired) electrons. The Morgan fingerprint density at radius 2 is 2.10 bits per heavy atom. The minimum absolute atomic E-state index is 0. The normalized spacial score (nSPS) is 10.4. The third kappa shape index (κ3) is 4.37. The summed E-state index contributed by atoms with van der Waals surface area (Å²) in [6.45, 7) is 3.81. The molecule has 2 rings (SSSR count). The molecule has 0 saturated carbocycles. The lowest BCUT2D eigenvalue weighted by atomic mass is 10.1. The number of methoxy groups -OCH3 is 1. The molecule has 6 heteroatoms. The second-order valence-corrected chi connectivity index (χ2v) is 5.79. The number of anilines is 1. The molecule has 4 nitrogen and oxygen atoms in total. The van der Waals surface area contributed by atoms with E-state index >= 15 is 0 Å². The fourth-order valence-corrected chi connectivity index (χ4v) is 2.83. The molecular weight excluding hydrogens is 294 g/mol. The van der Waals surface area contributed by atoms with Gasteiger partial charge < -0.3 is 10.5 Å². The maximum atomic E-state index is 5.63. The van der Waals surface area contributed by atoms with Gasteiger partial charge in [0.05, 0.1) is 7.11 Å². The molecule has 0 saturated heterocycles. The number of aromatic nitrogens is 1. The quantitative estimate of drug-likeness (QED) is 0.921. The lowest BCUT2D eigenvalue weighted by Gasteiger charge is -2.16. The van der Waals surface area contributed by atoms with E-state index in [9.17, 15) is 0 Å². The van der Waals surface area contributed by atoms with Crippen LogP contribution in [0.1, 0.15) is 16.0 Å². The highest BCUT2D eigenvalue weighted by molar-refractivity contribution is 7.15. The number of benzene rings is 1. The van der Waals surface area contributed by atoms with Crippen molar-refractivity contribution in [1.82, 2.24) is 9.88 Å². The average Bonchev–Trinajstić information content (AvgIpc) is 2.74. The van der Waals surface area contributed by atoms with Gasteiger partial charge in [-0.25, -0.2) is 4.98 Å². The van der Waals surface area contributed by atoms with E-state index in [-0.39, 0.29) is 12.4 Å². The number of nitrogens with two attached hydrogens (primary N) is 1. The van der Waals surface area contributed by atoms with Gasteiger partial charge in [-0.1, -0.05) is 12.1 Å². The SMILES string of the molecule is COc1ccc(CN(C)Cc2cnc(N)s2)cc1C.Cl. The van der Waals surface area contributed by atoms with Crippen LogP contribution in [-0.2, 0) is 13.1 Å². The summed E-state index contributed by atoms with van der Waals surface area (Å²) in [6.07, 6.45) is 1.84. The molecule has 110 valence electrons. The van der Waals surface area contributed by atoms with Crippen molar-refractivity contribution in [2.45, 2.75) is 20.0 Å². The highest BCUT2D eigenvalue weighted by Gasteiger charge is 2.06. The fourth-order valence-electron chi connectivity index (χ4n) is 2.07. The maximum absolute atomic E-state index is 5.63. The first kappa shape index (κ1) is 16.8. The summed E-state index contributed by atoms with van der Waals surface area (Å²) in [5.41, 5.74) is 8.07. The zero-order valence-electron chi connectivity index (χ0n) is 11.9. The number of aryl methyl sites for hydroxylation is 1. The Labute approximate surface area is 130 Å². The number of nitrogen functional groups attached to an aromatic ring is 1. The van der Waals surface area contributed by atoms with Crippen LogP contribution in [0.5, 0.6) is 5.75 Å². The van der Waals surface area contributed by atoms with Gasteiger partial charge in [-0.2, -0.15) is 0 Å². The standard InChI is InChI=1S/C14H19N3OS.ClH/c1-10-6-11(4-5-13(10)18-3)8-17(2)9-12-7-16-14(15)19-12;/h4-7H,8-9H2,1-3H3,(H2,15,16);1H. The van der Waals surface area contributed by atoms with Crippen LogP contribution in [0.25, 0.3) is 0 Å². The number of hydrogen-bond acceptors (Lipinski definition) is 5. The first-order valence-corrected chi connectivity index (χ1v) is 6.92. The van der Waals surface area contributed by atoms with Gasteiger partial charge in [0, 0.05) is 24.2 Å². The van der Waals surface area contributed by atoms with Gasteiger partial charge in [-0.15, -0.1) is 23.7 Å². The summed E-state index contributed by atoms with van der Waals surface area (Å²) in [7, 11) is 3.79. The van der Waals surface area contributed by atoms with Crippen LogP contribution in [0.2, 0.25) is 0 Å². The van der Waals surface area contributed by atoms with Gasteiger partial charge in [0.1, 0.15) is 5.75 Å². The fraction of sp³-hybridized carbons (Fsp3) is 0.357. The summed E-state index contributed by atoms with van der Waals surface area (Å²) < 4.78 is 5.27. The molecule has 1 aromatic heterocycles.